The van der Waals surface area contributed by atoms with E-state index >= 15 is 0 Å². The average molecular weight is 400 g/mol. The molecule has 0 spiro atoms. The van der Waals surface area contributed by atoms with Gasteiger partial charge in [0.25, 0.3) is 0 Å². The maximum atomic E-state index is 12.7. The first kappa shape index (κ1) is 19.1. The van der Waals surface area contributed by atoms with Crippen LogP contribution in [-0.2, 0) is 4.74 Å². The molecular formula is C25H21NO2S. The van der Waals surface area contributed by atoms with E-state index in [1.54, 1.807) is 0 Å². The molecule has 0 fully saturated rings. The Morgan fingerprint density at radius 3 is 1.90 bits per heavy atom. The lowest BCUT2D eigenvalue weighted by Crippen LogP contribution is -2.03. The zero-order chi connectivity index (χ0) is 20.1. The Morgan fingerprint density at radius 1 is 0.862 bits per heavy atom. The highest BCUT2D eigenvalue weighted by Gasteiger charge is 2.26. The first-order chi connectivity index (χ1) is 14.3. The van der Waals surface area contributed by atoms with Crippen molar-refractivity contribution >= 4 is 17.3 Å². The van der Waals surface area contributed by atoms with Crippen LogP contribution in [0.25, 0.3) is 11.3 Å². The van der Waals surface area contributed by atoms with Crippen LogP contribution < -0.4 is 0 Å². The van der Waals surface area contributed by atoms with Gasteiger partial charge < -0.3 is 4.74 Å². The van der Waals surface area contributed by atoms with Gasteiger partial charge in [0.15, 0.2) is 0 Å². The summed E-state index contributed by atoms with van der Waals surface area (Å²) in [6.07, 6.45) is 0. The number of nitrogens with zero attached hydrogens (tertiary/aromatic N) is 1. The lowest BCUT2D eigenvalue weighted by molar-refractivity contribution is 0.0532. The fraction of sp³-hybridized carbons (Fsp3) is 0.120. The van der Waals surface area contributed by atoms with Gasteiger partial charge in [-0.25, -0.2) is 9.78 Å². The summed E-state index contributed by atoms with van der Waals surface area (Å²) in [5.74, 6) is -0.372. The molecule has 0 unspecified atom stereocenters. The van der Waals surface area contributed by atoms with Crippen LogP contribution in [0.4, 0.5) is 0 Å². The van der Waals surface area contributed by atoms with Crippen molar-refractivity contribution in [3.63, 3.8) is 0 Å². The summed E-state index contributed by atoms with van der Waals surface area (Å²) >= 11 is 1.41. The minimum absolute atomic E-state index is 0.0481. The predicted molar refractivity (Wildman–Crippen MR) is 117 cm³/mol. The van der Waals surface area contributed by atoms with E-state index in [4.69, 9.17) is 9.72 Å². The topological polar surface area (TPSA) is 39.2 Å². The van der Waals surface area contributed by atoms with Crippen molar-refractivity contribution in [3.8, 4) is 11.3 Å². The van der Waals surface area contributed by atoms with Gasteiger partial charge in [0.2, 0.25) is 0 Å². The lowest BCUT2D eigenvalue weighted by Gasteiger charge is -2.15. The smallest absolute Gasteiger partial charge is 0.350 e. The van der Waals surface area contributed by atoms with Crippen LogP contribution in [0.15, 0.2) is 91.0 Å². The van der Waals surface area contributed by atoms with Crippen molar-refractivity contribution in [2.24, 2.45) is 0 Å². The van der Waals surface area contributed by atoms with Crippen LogP contribution in [0, 0.1) is 0 Å². The zero-order valence-corrected chi connectivity index (χ0v) is 16.9. The molecule has 3 nitrogen and oxygen atoms in total. The molecule has 3 aromatic carbocycles. The second kappa shape index (κ2) is 8.84. The van der Waals surface area contributed by atoms with Crippen LogP contribution in [0.5, 0.6) is 0 Å². The molecule has 1 aromatic heterocycles. The third-order valence-corrected chi connectivity index (χ3v) is 5.76. The quantitative estimate of drug-likeness (QED) is 0.364. The molecule has 0 N–H and O–H groups in total. The number of carbonyl (C=O) groups is 1. The van der Waals surface area contributed by atoms with Crippen LogP contribution in [0.3, 0.4) is 0 Å². The Hall–Kier alpha value is -3.24. The predicted octanol–water partition coefficient (Wildman–Crippen LogP) is 6.17. The molecule has 0 aliphatic heterocycles. The summed E-state index contributed by atoms with van der Waals surface area (Å²) < 4.78 is 5.33. The van der Waals surface area contributed by atoms with Crippen molar-refractivity contribution in [1.29, 1.82) is 0 Å². The fourth-order valence-electron chi connectivity index (χ4n) is 3.36. The van der Waals surface area contributed by atoms with Crippen LogP contribution in [0.2, 0.25) is 0 Å². The first-order valence-electron chi connectivity index (χ1n) is 9.61. The summed E-state index contributed by atoms with van der Waals surface area (Å²) in [5, 5.41) is 0.879. The molecule has 0 amide bonds. The number of rotatable bonds is 6. The van der Waals surface area contributed by atoms with E-state index in [0.717, 1.165) is 21.7 Å². The van der Waals surface area contributed by atoms with Gasteiger partial charge in [0, 0.05) is 5.56 Å². The summed E-state index contributed by atoms with van der Waals surface area (Å²) in [6.45, 7) is 2.15. The Kier molecular flexibility index (Phi) is 5.82. The third kappa shape index (κ3) is 4.13. The minimum atomic E-state index is -0.324. The normalized spacial score (nSPS) is 10.8. The Morgan fingerprint density at radius 2 is 1.38 bits per heavy atom. The average Bonchev–Trinajstić information content (AvgIpc) is 3.21. The number of ether oxygens (including phenoxy) is 1. The summed E-state index contributed by atoms with van der Waals surface area (Å²) in [5.41, 5.74) is 3.88. The molecule has 1 heterocycles. The van der Waals surface area contributed by atoms with Crippen molar-refractivity contribution in [3.05, 3.63) is 112 Å². The van der Waals surface area contributed by atoms with E-state index in [1.165, 1.54) is 11.3 Å². The molecule has 29 heavy (non-hydrogen) atoms. The number of aromatic nitrogens is 1. The molecule has 4 aromatic rings. The number of thiazole rings is 1. The zero-order valence-electron chi connectivity index (χ0n) is 16.1. The van der Waals surface area contributed by atoms with Crippen molar-refractivity contribution in [2.45, 2.75) is 12.8 Å². The van der Waals surface area contributed by atoms with E-state index in [1.807, 2.05) is 73.7 Å². The highest BCUT2D eigenvalue weighted by molar-refractivity contribution is 7.14. The highest BCUT2D eigenvalue weighted by Crippen LogP contribution is 2.38. The highest BCUT2D eigenvalue weighted by atomic mass is 32.1. The molecular weight excluding hydrogens is 378 g/mol. The Balaban J connectivity index is 1.88. The second-order valence-corrected chi connectivity index (χ2v) is 7.60. The largest absolute Gasteiger partial charge is 0.462 e. The van der Waals surface area contributed by atoms with Crippen LogP contribution in [-0.4, -0.2) is 17.6 Å². The van der Waals surface area contributed by atoms with E-state index < -0.39 is 0 Å². The van der Waals surface area contributed by atoms with Gasteiger partial charge in [0.05, 0.1) is 18.2 Å². The van der Waals surface area contributed by atoms with Gasteiger partial charge in [0.1, 0.15) is 9.88 Å². The van der Waals surface area contributed by atoms with E-state index in [0.29, 0.717) is 17.2 Å². The molecule has 0 saturated carbocycles. The van der Waals surface area contributed by atoms with E-state index in [9.17, 15) is 4.79 Å². The maximum Gasteiger partial charge on any atom is 0.350 e. The molecule has 0 bridgehead atoms. The fourth-order valence-corrected chi connectivity index (χ4v) is 4.49. The molecule has 0 atom stereocenters. The molecule has 0 aliphatic carbocycles. The maximum absolute atomic E-state index is 12.7. The number of hydrogen-bond acceptors (Lipinski definition) is 4. The number of esters is 1. The number of carbonyl (C=O) groups excluding carboxylic acids is 1. The monoisotopic (exact) mass is 399 g/mol. The molecule has 4 heteroatoms. The number of hydrogen-bond donors (Lipinski definition) is 0. The molecule has 0 saturated heterocycles. The molecule has 144 valence electrons. The third-order valence-electron chi connectivity index (χ3n) is 4.66. The van der Waals surface area contributed by atoms with E-state index in [2.05, 4.69) is 24.3 Å². The first-order valence-corrected chi connectivity index (χ1v) is 10.4. The van der Waals surface area contributed by atoms with Gasteiger partial charge in [-0.15, -0.1) is 11.3 Å². The van der Waals surface area contributed by atoms with E-state index in [-0.39, 0.29) is 11.9 Å². The Bertz CT molecular complexity index is 1040. The Labute approximate surface area is 174 Å². The van der Waals surface area contributed by atoms with Gasteiger partial charge >= 0.3 is 5.97 Å². The van der Waals surface area contributed by atoms with Crippen molar-refractivity contribution < 1.29 is 9.53 Å². The molecule has 4 rings (SSSR count). The lowest BCUT2D eigenvalue weighted by atomic mass is 9.92. The molecule has 0 radical (unpaired) electrons. The SMILES string of the molecule is CCOC(=O)c1sc(C(c2ccccc2)c2ccccc2)nc1-c1ccccc1. The number of benzene rings is 3. The standard InChI is InChI=1S/C25H21NO2S/c1-2-28-25(27)23-22(20-16-10-5-11-17-20)26-24(29-23)21(18-12-6-3-7-13-18)19-14-8-4-9-15-19/h3-17,21H,2H2,1H3. The minimum Gasteiger partial charge on any atom is -0.462 e. The van der Waals surface area contributed by atoms with Crippen molar-refractivity contribution in [2.75, 3.05) is 6.61 Å². The summed E-state index contributed by atoms with van der Waals surface area (Å²) in [4.78, 5) is 18.2. The van der Waals surface area contributed by atoms with Gasteiger partial charge in [-0.1, -0.05) is 91.0 Å². The van der Waals surface area contributed by atoms with Crippen molar-refractivity contribution in [1.82, 2.24) is 4.98 Å². The van der Waals surface area contributed by atoms with Crippen LogP contribution >= 0.6 is 11.3 Å². The van der Waals surface area contributed by atoms with Crippen LogP contribution in [0.1, 0.15) is 38.6 Å². The molecule has 0 aliphatic rings. The van der Waals surface area contributed by atoms with Gasteiger partial charge in [-0.05, 0) is 18.1 Å². The van der Waals surface area contributed by atoms with Gasteiger partial charge in [-0.3, -0.25) is 0 Å². The van der Waals surface area contributed by atoms with Gasteiger partial charge in [-0.2, -0.15) is 0 Å². The second-order valence-electron chi connectivity index (χ2n) is 6.57. The summed E-state index contributed by atoms with van der Waals surface area (Å²) in [6, 6.07) is 30.4. The summed E-state index contributed by atoms with van der Waals surface area (Å²) in [7, 11) is 0.